The van der Waals surface area contributed by atoms with E-state index in [2.05, 4.69) is 5.32 Å². The van der Waals surface area contributed by atoms with Gasteiger partial charge in [0.15, 0.2) is 11.5 Å². The van der Waals surface area contributed by atoms with E-state index in [1.54, 1.807) is 26.0 Å². The molecule has 0 aromatic heterocycles. The van der Waals surface area contributed by atoms with Crippen LogP contribution < -0.4 is 14.8 Å². The highest BCUT2D eigenvalue weighted by Crippen LogP contribution is 2.34. The fourth-order valence-electron chi connectivity index (χ4n) is 4.47. The quantitative estimate of drug-likeness (QED) is 0.677. The Balaban J connectivity index is 1.51. The number of carbonyl (C=O) groups is 3. The lowest BCUT2D eigenvalue weighted by Gasteiger charge is -2.31. The molecule has 0 unspecified atom stereocenters. The van der Waals surface area contributed by atoms with Crippen molar-refractivity contribution in [3.05, 3.63) is 58.9 Å². The number of fused-ring (bicyclic) bond motifs is 1. The van der Waals surface area contributed by atoms with Gasteiger partial charge in [0.2, 0.25) is 5.91 Å². The summed E-state index contributed by atoms with van der Waals surface area (Å²) in [6.07, 6.45) is 0.892. The van der Waals surface area contributed by atoms with E-state index in [4.69, 9.17) is 9.47 Å². The number of benzene rings is 2. The molecule has 1 fully saturated rings. The third kappa shape index (κ3) is 3.88. The highest BCUT2D eigenvalue weighted by Gasteiger charge is 2.51. The molecule has 0 saturated carbocycles. The lowest BCUT2D eigenvalue weighted by atomic mass is 9.87. The van der Waals surface area contributed by atoms with Crippen LogP contribution in [0.25, 0.3) is 0 Å². The van der Waals surface area contributed by atoms with Crippen LogP contribution >= 0.6 is 0 Å². The van der Waals surface area contributed by atoms with E-state index in [1.165, 1.54) is 24.3 Å². The van der Waals surface area contributed by atoms with Gasteiger partial charge in [-0.15, -0.1) is 0 Å². The lowest BCUT2D eigenvalue weighted by molar-refractivity contribution is -0.139. The van der Waals surface area contributed by atoms with Crippen molar-refractivity contribution in [3.8, 4) is 11.5 Å². The SMILES string of the molecule is CC[C@@]1(c2ccc(F)cc2)NC(=O)N(CC(=O)N2CCc3cc(OC)c(OC)cc3C2)C1=O. The van der Waals surface area contributed by atoms with Gasteiger partial charge in [0.1, 0.15) is 17.9 Å². The van der Waals surface area contributed by atoms with Crippen molar-refractivity contribution in [2.45, 2.75) is 31.8 Å². The second-order valence-corrected chi connectivity index (χ2v) is 8.13. The second-order valence-electron chi connectivity index (χ2n) is 8.13. The zero-order valence-electron chi connectivity index (χ0n) is 18.8. The van der Waals surface area contributed by atoms with Crippen molar-refractivity contribution in [1.82, 2.24) is 15.1 Å². The van der Waals surface area contributed by atoms with Gasteiger partial charge >= 0.3 is 6.03 Å². The number of hydrogen-bond acceptors (Lipinski definition) is 5. The molecule has 0 bridgehead atoms. The van der Waals surface area contributed by atoms with E-state index >= 15 is 0 Å². The molecule has 0 aliphatic carbocycles. The zero-order valence-corrected chi connectivity index (χ0v) is 18.8. The molecule has 0 radical (unpaired) electrons. The third-order valence-corrected chi connectivity index (χ3v) is 6.41. The normalized spacial score (nSPS) is 19.9. The molecule has 2 aliphatic rings. The van der Waals surface area contributed by atoms with E-state index in [1.807, 2.05) is 12.1 Å². The maximum absolute atomic E-state index is 13.4. The first-order valence-electron chi connectivity index (χ1n) is 10.7. The summed E-state index contributed by atoms with van der Waals surface area (Å²) in [6.45, 7) is 2.20. The van der Waals surface area contributed by atoms with Crippen LogP contribution in [0.2, 0.25) is 0 Å². The smallest absolute Gasteiger partial charge is 0.325 e. The van der Waals surface area contributed by atoms with Gasteiger partial charge in [-0.3, -0.25) is 14.5 Å². The van der Waals surface area contributed by atoms with Crippen molar-refractivity contribution >= 4 is 17.8 Å². The summed E-state index contributed by atoms with van der Waals surface area (Å²) in [6, 6.07) is 8.56. The molecular weight excluding hydrogens is 429 g/mol. The minimum Gasteiger partial charge on any atom is -0.493 e. The largest absolute Gasteiger partial charge is 0.493 e. The van der Waals surface area contributed by atoms with Crippen LogP contribution in [0.1, 0.15) is 30.0 Å². The number of carbonyl (C=O) groups excluding carboxylic acids is 3. The number of hydrogen-bond donors (Lipinski definition) is 1. The number of nitrogens with zero attached hydrogens (tertiary/aromatic N) is 2. The molecule has 2 aromatic carbocycles. The minimum absolute atomic E-state index is 0.270. The van der Waals surface area contributed by atoms with Gasteiger partial charge in [-0.2, -0.15) is 0 Å². The van der Waals surface area contributed by atoms with Crippen LogP contribution in [0.5, 0.6) is 11.5 Å². The molecule has 4 rings (SSSR count). The molecular formula is C24H26FN3O5. The standard InChI is InChI=1S/C24H26FN3O5/c1-4-24(17-5-7-18(25)8-6-17)22(30)28(23(31)26-24)14-21(29)27-10-9-15-11-19(32-2)20(33-3)12-16(15)13-27/h5-8,11-12H,4,9-10,13-14H2,1-3H3,(H,26,31)/t24-/m0/s1. The maximum atomic E-state index is 13.4. The number of urea groups is 1. The van der Waals surface area contributed by atoms with Crippen molar-refractivity contribution in [2.24, 2.45) is 0 Å². The van der Waals surface area contributed by atoms with Crippen LogP contribution in [0.15, 0.2) is 36.4 Å². The van der Waals surface area contributed by atoms with Gasteiger partial charge in [-0.25, -0.2) is 9.18 Å². The summed E-state index contributed by atoms with van der Waals surface area (Å²) < 4.78 is 24.1. The topological polar surface area (TPSA) is 88.2 Å². The molecule has 1 atom stereocenters. The molecule has 4 amide bonds. The predicted molar refractivity (Wildman–Crippen MR) is 117 cm³/mol. The minimum atomic E-state index is -1.32. The third-order valence-electron chi connectivity index (χ3n) is 6.41. The molecule has 2 heterocycles. The molecule has 1 N–H and O–H groups in total. The molecule has 2 aliphatic heterocycles. The van der Waals surface area contributed by atoms with Gasteiger partial charge < -0.3 is 19.7 Å². The Hall–Kier alpha value is -3.62. The summed E-state index contributed by atoms with van der Waals surface area (Å²) >= 11 is 0. The van der Waals surface area contributed by atoms with Gasteiger partial charge in [-0.05, 0) is 53.8 Å². The molecule has 174 valence electrons. The maximum Gasteiger partial charge on any atom is 0.325 e. The van der Waals surface area contributed by atoms with Crippen LogP contribution in [-0.4, -0.2) is 55.0 Å². The zero-order chi connectivity index (χ0) is 23.8. The molecule has 2 aromatic rings. The Kier molecular flexibility index (Phi) is 5.97. The highest BCUT2D eigenvalue weighted by atomic mass is 19.1. The fourth-order valence-corrected chi connectivity index (χ4v) is 4.47. The Morgan fingerprint density at radius 2 is 1.73 bits per heavy atom. The summed E-state index contributed by atoms with van der Waals surface area (Å²) in [5, 5.41) is 2.72. The number of nitrogens with one attached hydrogen (secondary N) is 1. The number of amides is 4. The van der Waals surface area contributed by atoms with Crippen molar-refractivity contribution in [3.63, 3.8) is 0 Å². The average Bonchev–Trinajstić information content (AvgIpc) is 3.08. The Bertz CT molecular complexity index is 1100. The first-order valence-corrected chi connectivity index (χ1v) is 10.7. The first-order chi connectivity index (χ1) is 15.8. The van der Waals surface area contributed by atoms with E-state index < -0.39 is 23.3 Å². The summed E-state index contributed by atoms with van der Waals surface area (Å²) in [5.41, 5.74) is 1.16. The van der Waals surface area contributed by atoms with Crippen molar-refractivity contribution < 1.29 is 28.2 Å². The number of rotatable bonds is 6. The van der Waals surface area contributed by atoms with E-state index in [-0.39, 0.29) is 18.9 Å². The summed E-state index contributed by atoms with van der Waals surface area (Å²) in [7, 11) is 3.12. The Labute approximate surface area is 191 Å². The molecule has 8 nitrogen and oxygen atoms in total. The molecule has 33 heavy (non-hydrogen) atoms. The van der Waals surface area contributed by atoms with Gasteiger partial charge in [0, 0.05) is 13.1 Å². The average molecular weight is 455 g/mol. The Morgan fingerprint density at radius 3 is 2.33 bits per heavy atom. The van der Waals surface area contributed by atoms with E-state index in [0.29, 0.717) is 36.6 Å². The van der Waals surface area contributed by atoms with E-state index in [0.717, 1.165) is 16.0 Å². The van der Waals surface area contributed by atoms with E-state index in [9.17, 15) is 18.8 Å². The number of imide groups is 1. The first kappa shape index (κ1) is 22.6. The Morgan fingerprint density at radius 1 is 1.09 bits per heavy atom. The lowest BCUT2D eigenvalue weighted by Crippen LogP contribution is -2.46. The highest BCUT2D eigenvalue weighted by molar-refractivity contribution is 6.09. The van der Waals surface area contributed by atoms with Gasteiger partial charge in [0.25, 0.3) is 5.91 Å². The van der Waals surface area contributed by atoms with Crippen LogP contribution in [0, 0.1) is 5.82 Å². The number of halogens is 1. The molecule has 1 saturated heterocycles. The summed E-state index contributed by atoms with van der Waals surface area (Å²) in [5.74, 6) is -0.0732. The van der Waals surface area contributed by atoms with Crippen LogP contribution in [-0.2, 0) is 28.1 Å². The van der Waals surface area contributed by atoms with Crippen LogP contribution in [0.4, 0.5) is 9.18 Å². The second kappa shape index (κ2) is 8.73. The van der Waals surface area contributed by atoms with Gasteiger partial charge in [-0.1, -0.05) is 19.1 Å². The fraction of sp³-hybridized carbons (Fsp3) is 0.375. The van der Waals surface area contributed by atoms with Crippen LogP contribution in [0.3, 0.4) is 0 Å². The van der Waals surface area contributed by atoms with Crippen molar-refractivity contribution in [2.75, 3.05) is 27.3 Å². The summed E-state index contributed by atoms with van der Waals surface area (Å²) in [4.78, 5) is 41.6. The number of methoxy groups -OCH3 is 2. The molecule has 0 spiro atoms. The molecule has 9 heteroatoms. The van der Waals surface area contributed by atoms with Gasteiger partial charge in [0.05, 0.1) is 14.2 Å². The monoisotopic (exact) mass is 455 g/mol. The van der Waals surface area contributed by atoms with Crippen molar-refractivity contribution in [1.29, 1.82) is 0 Å². The number of ether oxygens (including phenoxy) is 2. The predicted octanol–water partition coefficient (Wildman–Crippen LogP) is 2.58.